The minimum absolute atomic E-state index is 0.196. The summed E-state index contributed by atoms with van der Waals surface area (Å²) in [6, 6.07) is 2.32. The van der Waals surface area contributed by atoms with Crippen LogP contribution in [0.2, 0.25) is 0 Å². The molecule has 1 aromatic carbocycles. The molecule has 0 unspecified atom stereocenters. The van der Waals surface area contributed by atoms with E-state index in [4.69, 9.17) is 0 Å². The molecule has 0 aliphatic rings. The zero-order chi connectivity index (χ0) is 16.2. The smallest absolute Gasteiger partial charge is 0.310 e. The van der Waals surface area contributed by atoms with E-state index < -0.39 is 34.6 Å². The lowest BCUT2D eigenvalue weighted by Crippen LogP contribution is -2.34. The molecule has 0 atom stereocenters. The van der Waals surface area contributed by atoms with Gasteiger partial charge in [-0.1, -0.05) is 19.9 Å². The normalized spacial score (nSPS) is 11.3. The zero-order valence-electron chi connectivity index (χ0n) is 12.3. The molecule has 0 aromatic heterocycles. The molecule has 0 aliphatic carbocycles. The molecule has 0 aliphatic heterocycles. The first kappa shape index (κ1) is 17.1. The highest BCUT2D eigenvalue weighted by molar-refractivity contribution is 5.94. The number of anilines is 1. The van der Waals surface area contributed by atoms with Crippen LogP contribution in [0.25, 0.3) is 0 Å². The highest BCUT2D eigenvalue weighted by Crippen LogP contribution is 2.32. The third-order valence-electron chi connectivity index (χ3n) is 3.85. The van der Waals surface area contributed by atoms with Gasteiger partial charge in [0.15, 0.2) is 5.82 Å². The molecule has 21 heavy (non-hydrogen) atoms. The number of halogens is 2. The fourth-order valence-electron chi connectivity index (χ4n) is 2.14. The first-order valence-corrected chi connectivity index (χ1v) is 6.75. The molecule has 0 fully saturated rings. The second-order valence-electron chi connectivity index (χ2n) is 5.07. The van der Waals surface area contributed by atoms with E-state index in [0.29, 0.717) is 0 Å². The lowest BCUT2D eigenvalue weighted by molar-refractivity contribution is -0.151. The SMILES string of the molecule is CCC(CC)(CC(=O)Nc1c(F)ccc(C)c1F)C(=O)O. The molecule has 4 nitrogen and oxygen atoms in total. The van der Waals surface area contributed by atoms with E-state index in [9.17, 15) is 23.5 Å². The quantitative estimate of drug-likeness (QED) is 0.845. The maximum absolute atomic E-state index is 13.8. The summed E-state index contributed by atoms with van der Waals surface area (Å²) < 4.78 is 27.4. The van der Waals surface area contributed by atoms with E-state index in [1.54, 1.807) is 13.8 Å². The van der Waals surface area contributed by atoms with Crippen LogP contribution in [0.1, 0.15) is 38.7 Å². The molecule has 0 saturated carbocycles. The molecule has 0 bridgehead atoms. The van der Waals surface area contributed by atoms with Crippen LogP contribution < -0.4 is 5.32 Å². The van der Waals surface area contributed by atoms with Gasteiger partial charge in [0.1, 0.15) is 11.5 Å². The number of aliphatic carboxylic acids is 1. The number of amides is 1. The fourth-order valence-corrected chi connectivity index (χ4v) is 2.14. The number of carbonyl (C=O) groups excluding carboxylic acids is 1. The highest BCUT2D eigenvalue weighted by Gasteiger charge is 2.37. The fraction of sp³-hybridized carbons (Fsp3) is 0.467. The van der Waals surface area contributed by atoms with Crippen LogP contribution in [0.15, 0.2) is 12.1 Å². The Labute approximate surface area is 122 Å². The monoisotopic (exact) mass is 299 g/mol. The molecule has 0 radical (unpaired) electrons. The van der Waals surface area contributed by atoms with Crippen molar-refractivity contribution in [3.63, 3.8) is 0 Å². The Morgan fingerprint density at radius 3 is 2.29 bits per heavy atom. The van der Waals surface area contributed by atoms with Crippen LogP contribution >= 0.6 is 0 Å². The highest BCUT2D eigenvalue weighted by atomic mass is 19.1. The van der Waals surface area contributed by atoms with E-state index in [-0.39, 0.29) is 24.8 Å². The standard InChI is InChI=1S/C15H19F2NO3/c1-4-15(5-2,14(20)21)8-11(19)18-13-10(16)7-6-9(3)12(13)17/h6-7H,4-5,8H2,1-3H3,(H,18,19)(H,20,21). The first-order valence-electron chi connectivity index (χ1n) is 6.75. The minimum atomic E-state index is -1.22. The largest absolute Gasteiger partial charge is 0.481 e. The molecule has 1 rings (SSSR count). The van der Waals surface area contributed by atoms with Crippen molar-refractivity contribution in [2.75, 3.05) is 5.32 Å². The van der Waals surface area contributed by atoms with Crippen molar-refractivity contribution < 1.29 is 23.5 Å². The average Bonchev–Trinajstić information content (AvgIpc) is 2.45. The number of rotatable bonds is 6. The molecule has 0 saturated heterocycles. The molecule has 0 spiro atoms. The maximum Gasteiger partial charge on any atom is 0.310 e. The Balaban J connectivity index is 2.97. The number of hydrogen-bond donors (Lipinski definition) is 2. The van der Waals surface area contributed by atoms with E-state index in [1.165, 1.54) is 13.0 Å². The van der Waals surface area contributed by atoms with Gasteiger partial charge in [-0.05, 0) is 31.4 Å². The predicted octanol–water partition coefficient (Wildman–Crippen LogP) is 3.49. The molecule has 1 aromatic rings. The Morgan fingerprint density at radius 1 is 1.24 bits per heavy atom. The summed E-state index contributed by atoms with van der Waals surface area (Å²) in [5.74, 6) is -3.55. The van der Waals surface area contributed by atoms with Gasteiger partial charge in [0.25, 0.3) is 0 Å². The van der Waals surface area contributed by atoms with Gasteiger partial charge in [-0.2, -0.15) is 0 Å². The summed E-state index contributed by atoms with van der Waals surface area (Å²) in [5.41, 5.74) is -1.56. The molecular formula is C15H19F2NO3. The predicted molar refractivity (Wildman–Crippen MR) is 75.0 cm³/mol. The van der Waals surface area contributed by atoms with E-state index in [0.717, 1.165) is 6.07 Å². The van der Waals surface area contributed by atoms with Crippen molar-refractivity contribution in [1.29, 1.82) is 0 Å². The summed E-state index contributed by atoms with van der Waals surface area (Å²) in [6.07, 6.45) is 0.179. The zero-order valence-corrected chi connectivity index (χ0v) is 12.3. The van der Waals surface area contributed by atoms with Crippen molar-refractivity contribution >= 4 is 17.6 Å². The number of carboxylic acids is 1. The van der Waals surface area contributed by atoms with Crippen molar-refractivity contribution in [1.82, 2.24) is 0 Å². The van der Waals surface area contributed by atoms with Crippen LogP contribution in [-0.2, 0) is 9.59 Å². The lowest BCUT2D eigenvalue weighted by atomic mass is 9.79. The number of carboxylic acid groups (broad SMARTS) is 1. The number of aryl methyl sites for hydroxylation is 1. The van der Waals surface area contributed by atoms with E-state index in [1.807, 2.05) is 0 Å². The number of benzene rings is 1. The summed E-state index contributed by atoms with van der Waals surface area (Å²) in [6.45, 7) is 4.78. The Morgan fingerprint density at radius 2 is 1.81 bits per heavy atom. The van der Waals surface area contributed by atoms with Gasteiger partial charge in [-0.3, -0.25) is 9.59 Å². The first-order chi connectivity index (χ1) is 9.77. The van der Waals surface area contributed by atoms with Crippen molar-refractivity contribution in [3.8, 4) is 0 Å². The summed E-state index contributed by atoms with van der Waals surface area (Å²) in [4.78, 5) is 23.3. The Kier molecular flexibility index (Phi) is 5.41. The third kappa shape index (κ3) is 3.56. The van der Waals surface area contributed by atoms with E-state index >= 15 is 0 Å². The van der Waals surface area contributed by atoms with Crippen LogP contribution in [0.5, 0.6) is 0 Å². The van der Waals surface area contributed by atoms with Gasteiger partial charge in [-0.15, -0.1) is 0 Å². The molecule has 0 heterocycles. The van der Waals surface area contributed by atoms with Crippen molar-refractivity contribution in [2.45, 2.75) is 40.0 Å². The molecule has 1 amide bonds. The minimum Gasteiger partial charge on any atom is -0.481 e. The number of nitrogens with one attached hydrogen (secondary N) is 1. The molecular weight excluding hydrogens is 280 g/mol. The van der Waals surface area contributed by atoms with Crippen LogP contribution in [-0.4, -0.2) is 17.0 Å². The van der Waals surface area contributed by atoms with Crippen molar-refractivity contribution in [3.05, 3.63) is 29.3 Å². The van der Waals surface area contributed by atoms with Crippen molar-refractivity contribution in [2.24, 2.45) is 5.41 Å². The Hall–Kier alpha value is -1.98. The van der Waals surface area contributed by atoms with E-state index in [2.05, 4.69) is 5.32 Å². The second kappa shape index (κ2) is 6.65. The van der Waals surface area contributed by atoms with Gasteiger partial charge in [-0.25, -0.2) is 8.78 Å². The van der Waals surface area contributed by atoms with Gasteiger partial charge < -0.3 is 10.4 Å². The van der Waals surface area contributed by atoms with Gasteiger partial charge in [0.05, 0.1) is 5.41 Å². The van der Waals surface area contributed by atoms with Gasteiger partial charge >= 0.3 is 5.97 Å². The number of carbonyl (C=O) groups is 2. The van der Waals surface area contributed by atoms with Crippen LogP contribution in [0.3, 0.4) is 0 Å². The van der Waals surface area contributed by atoms with Crippen LogP contribution in [0.4, 0.5) is 14.5 Å². The van der Waals surface area contributed by atoms with Gasteiger partial charge in [0, 0.05) is 6.42 Å². The molecule has 6 heteroatoms. The number of hydrogen-bond acceptors (Lipinski definition) is 2. The third-order valence-corrected chi connectivity index (χ3v) is 3.85. The molecule has 116 valence electrons. The summed E-state index contributed by atoms with van der Waals surface area (Å²) in [5, 5.41) is 11.4. The topological polar surface area (TPSA) is 66.4 Å². The lowest BCUT2D eigenvalue weighted by Gasteiger charge is -2.25. The second-order valence-corrected chi connectivity index (χ2v) is 5.07. The van der Waals surface area contributed by atoms with Crippen LogP contribution in [0, 0.1) is 24.0 Å². The Bertz CT molecular complexity index is 554. The summed E-state index contributed by atoms with van der Waals surface area (Å²) in [7, 11) is 0. The average molecular weight is 299 g/mol. The van der Waals surface area contributed by atoms with Gasteiger partial charge in [0.2, 0.25) is 5.91 Å². The maximum atomic E-state index is 13.8. The summed E-state index contributed by atoms with van der Waals surface area (Å²) >= 11 is 0. The molecule has 2 N–H and O–H groups in total.